The molecule has 0 aliphatic carbocycles. The van der Waals surface area contributed by atoms with E-state index in [9.17, 15) is 4.79 Å². The van der Waals surface area contributed by atoms with Gasteiger partial charge in [-0.15, -0.1) is 0 Å². The van der Waals surface area contributed by atoms with E-state index in [1.807, 2.05) is 56.8 Å². The third kappa shape index (κ3) is 3.29. The summed E-state index contributed by atoms with van der Waals surface area (Å²) in [6.07, 6.45) is 0. The van der Waals surface area contributed by atoms with Gasteiger partial charge in [0.1, 0.15) is 4.47 Å². The summed E-state index contributed by atoms with van der Waals surface area (Å²) in [5.74, 6) is 1.04. The number of H-pyrrole nitrogens is 1. The molecule has 1 N–H and O–H groups in total. The summed E-state index contributed by atoms with van der Waals surface area (Å²) >= 11 is 3.34. The van der Waals surface area contributed by atoms with Gasteiger partial charge in [-0.05, 0) is 60.0 Å². The Balaban J connectivity index is 2.63. The first-order valence-corrected chi connectivity index (χ1v) is 8.35. The number of benzene rings is 1. The largest absolute Gasteiger partial charge is 0.346 e. The summed E-state index contributed by atoms with van der Waals surface area (Å²) < 4.78 is 0.376. The molecule has 7 heteroatoms. The van der Waals surface area contributed by atoms with Gasteiger partial charge < -0.3 is 9.80 Å². The molecule has 6 nitrogen and oxygen atoms in total. The van der Waals surface area contributed by atoms with Crippen LogP contribution in [0.1, 0.15) is 23.6 Å². The zero-order valence-corrected chi connectivity index (χ0v) is 16.0. The van der Waals surface area contributed by atoms with Gasteiger partial charge >= 0.3 is 0 Å². The molecule has 0 saturated carbocycles. The molecular formula is C17H20BrN5O. The molecule has 24 heavy (non-hydrogen) atoms. The summed E-state index contributed by atoms with van der Waals surface area (Å²) in [6.45, 7) is 6.60. The van der Waals surface area contributed by atoms with Crippen molar-refractivity contribution in [2.24, 2.45) is 0 Å². The van der Waals surface area contributed by atoms with E-state index in [1.54, 1.807) is 0 Å². The van der Waals surface area contributed by atoms with Crippen LogP contribution >= 0.6 is 15.9 Å². The number of aryl methyl sites for hydroxylation is 2. The summed E-state index contributed by atoms with van der Waals surface area (Å²) in [7, 11) is 3.73. The fourth-order valence-electron chi connectivity index (χ4n) is 2.64. The molecular weight excluding hydrogens is 370 g/mol. The Labute approximate surface area is 149 Å². The molecule has 126 valence electrons. The number of hydrogen-bond acceptors (Lipinski definition) is 5. The highest BCUT2D eigenvalue weighted by molar-refractivity contribution is 9.10. The fourth-order valence-corrected chi connectivity index (χ4v) is 3.10. The van der Waals surface area contributed by atoms with Crippen molar-refractivity contribution in [3.63, 3.8) is 0 Å². The lowest BCUT2D eigenvalue weighted by molar-refractivity contribution is 0.883. The minimum absolute atomic E-state index is 0.230. The zero-order valence-electron chi connectivity index (χ0n) is 14.4. The van der Waals surface area contributed by atoms with Gasteiger partial charge in [0.15, 0.2) is 5.82 Å². The van der Waals surface area contributed by atoms with Crippen LogP contribution in [0.5, 0.6) is 0 Å². The first kappa shape index (κ1) is 18.0. The van der Waals surface area contributed by atoms with Crippen molar-refractivity contribution in [1.82, 2.24) is 9.97 Å². The monoisotopic (exact) mass is 389 g/mol. The van der Waals surface area contributed by atoms with Crippen LogP contribution in [0, 0.1) is 25.2 Å². The van der Waals surface area contributed by atoms with Crippen molar-refractivity contribution >= 4 is 33.4 Å². The Hall–Kier alpha value is -2.33. The maximum Gasteiger partial charge on any atom is 0.268 e. The van der Waals surface area contributed by atoms with Gasteiger partial charge in [0.2, 0.25) is 5.95 Å². The SMILES string of the molecule is CCN(C)c1nc(N(C)c2c(C)cc(C#N)cc2C)c(Br)c(=O)[nH]1. The topological polar surface area (TPSA) is 76.0 Å². The second kappa shape index (κ2) is 7.05. The van der Waals surface area contributed by atoms with E-state index >= 15 is 0 Å². The van der Waals surface area contributed by atoms with E-state index in [4.69, 9.17) is 5.26 Å². The molecule has 2 rings (SSSR count). The predicted molar refractivity (Wildman–Crippen MR) is 100 cm³/mol. The maximum absolute atomic E-state index is 12.2. The minimum Gasteiger partial charge on any atom is -0.346 e. The predicted octanol–water partition coefficient (Wildman–Crippen LogP) is 3.24. The Bertz CT molecular complexity index is 845. The van der Waals surface area contributed by atoms with E-state index in [1.165, 1.54) is 0 Å². The van der Waals surface area contributed by atoms with Crippen LogP contribution in [0.25, 0.3) is 0 Å². The minimum atomic E-state index is -0.230. The van der Waals surface area contributed by atoms with Gasteiger partial charge in [-0.1, -0.05) is 0 Å². The molecule has 1 aromatic heterocycles. The molecule has 2 aromatic rings. The normalized spacial score (nSPS) is 10.4. The Kier molecular flexibility index (Phi) is 5.30. The molecule has 0 amide bonds. The van der Waals surface area contributed by atoms with Crippen molar-refractivity contribution < 1.29 is 0 Å². The van der Waals surface area contributed by atoms with Crippen molar-refractivity contribution in [1.29, 1.82) is 5.26 Å². The lowest BCUT2D eigenvalue weighted by Gasteiger charge is -2.25. The number of nitrogens with zero attached hydrogens (tertiary/aromatic N) is 4. The molecule has 0 aliphatic heterocycles. The standard InChI is InChI=1S/C17H20BrN5O/c1-6-22(4)17-20-15(13(18)16(24)21-17)23(5)14-10(2)7-12(9-19)8-11(14)3/h7-8H,6H2,1-5H3,(H,20,21,24). The van der Waals surface area contributed by atoms with Crippen LogP contribution in [0.3, 0.4) is 0 Å². The van der Waals surface area contributed by atoms with Gasteiger partial charge in [0.05, 0.1) is 11.6 Å². The number of hydrogen-bond donors (Lipinski definition) is 1. The summed E-state index contributed by atoms with van der Waals surface area (Å²) in [5.41, 5.74) is 3.22. The summed E-state index contributed by atoms with van der Waals surface area (Å²) in [4.78, 5) is 23.3. The van der Waals surface area contributed by atoms with E-state index < -0.39 is 0 Å². The first-order valence-electron chi connectivity index (χ1n) is 7.56. The smallest absolute Gasteiger partial charge is 0.268 e. The number of aromatic amines is 1. The van der Waals surface area contributed by atoms with E-state index in [-0.39, 0.29) is 5.56 Å². The Morgan fingerprint density at radius 1 is 1.29 bits per heavy atom. The van der Waals surface area contributed by atoms with Crippen LogP contribution in [0.4, 0.5) is 17.5 Å². The molecule has 0 saturated heterocycles. The molecule has 0 radical (unpaired) electrons. The molecule has 0 atom stereocenters. The first-order chi connectivity index (χ1) is 11.3. The number of anilines is 3. The van der Waals surface area contributed by atoms with Crippen molar-refractivity contribution in [2.75, 3.05) is 30.4 Å². The van der Waals surface area contributed by atoms with Crippen molar-refractivity contribution in [2.45, 2.75) is 20.8 Å². The molecule has 0 fully saturated rings. The van der Waals surface area contributed by atoms with Gasteiger partial charge in [-0.3, -0.25) is 9.78 Å². The molecule has 0 aliphatic rings. The Morgan fingerprint density at radius 2 is 1.88 bits per heavy atom. The lowest BCUT2D eigenvalue weighted by Crippen LogP contribution is -2.26. The Morgan fingerprint density at radius 3 is 2.38 bits per heavy atom. The van der Waals surface area contributed by atoms with Gasteiger partial charge in [-0.2, -0.15) is 10.2 Å². The number of nitrogens with one attached hydrogen (secondary N) is 1. The third-order valence-corrected chi connectivity index (χ3v) is 4.66. The maximum atomic E-state index is 12.2. The summed E-state index contributed by atoms with van der Waals surface area (Å²) in [6, 6.07) is 5.83. The van der Waals surface area contributed by atoms with E-state index in [0.29, 0.717) is 21.8 Å². The van der Waals surface area contributed by atoms with Crippen LogP contribution in [0.2, 0.25) is 0 Å². The highest BCUT2D eigenvalue weighted by Gasteiger charge is 2.19. The number of rotatable bonds is 4. The molecule has 1 heterocycles. The van der Waals surface area contributed by atoms with Crippen LogP contribution in [-0.2, 0) is 0 Å². The van der Waals surface area contributed by atoms with Crippen molar-refractivity contribution in [3.8, 4) is 6.07 Å². The average Bonchev–Trinajstić information content (AvgIpc) is 2.55. The van der Waals surface area contributed by atoms with E-state index in [2.05, 4.69) is 32.0 Å². The van der Waals surface area contributed by atoms with Crippen LogP contribution < -0.4 is 15.4 Å². The molecule has 0 spiro atoms. The number of aromatic nitrogens is 2. The third-order valence-electron chi connectivity index (χ3n) is 3.94. The van der Waals surface area contributed by atoms with Gasteiger partial charge in [-0.25, -0.2) is 0 Å². The highest BCUT2D eigenvalue weighted by Crippen LogP contribution is 2.33. The fraction of sp³-hybridized carbons (Fsp3) is 0.353. The number of nitriles is 1. The summed E-state index contributed by atoms with van der Waals surface area (Å²) in [5, 5.41) is 9.10. The molecule has 0 unspecified atom stereocenters. The second-order valence-electron chi connectivity index (χ2n) is 5.67. The number of halogens is 1. The highest BCUT2D eigenvalue weighted by atomic mass is 79.9. The average molecular weight is 390 g/mol. The van der Waals surface area contributed by atoms with Crippen molar-refractivity contribution in [3.05, 3.63) is 43.6 Å². The quantitative estimate of drug-likeness (QED) is 0.868. The second-order valence-corrected chi connectivity index (χ2v) is 6.46. The lowest BCUT2D eigenvalue weighted by atomic mass is 10.0. The van der Waals surface area contributed by atoms with Crippen LogP contribution in [-0.4, -0.2) is 30.6 Å². The van der Waals surface area contributed by atoms with E-state index in [0.717, 1.165) is 23.4 Å². The van der Waals surface area contributed by atoms with Crippen LogP contribution in [0.15, 0.2) is 21.4 Å². The molecule has 1 aromatic carbocycles. The van der Waals surface area contributed by atoms with Gasteiger partial charge in [0.25, 0.3) is 5.56 Å². The zero-order chi connectivity index (χ0) is 18.0. The molecule has 0 bridgehead atoms. The van der Waals surface area contributed by atoms with Gasteiger partial charge in [0, 0.05) is 26.3 Å².